The molecule has 4 heterocycles. The Kier molecular flexibility index (Phi) is 5.31. The van der Waals surface area contributed by atoms with Gasteiger partial charge in [-0.05, 0) is 32.9 Å². The Bertz CT molecular complexity index is 1160. The lowest BCUT2D eigenvalue weighted by Gasteiger charge is -2.14. The van der Waals surface area contributed by atoms with Gasteiger partial charge in [0.2, 0.25) is 5.65 Å². The monoisotopic (exact) mass is 391 g/mol. The Morgan fingerprint density at radius 3 is 2.97 bits per heavy atom. The molecule has 0 saturated heterocycles. The van der Waals surface area contributed by atoms with Crippen molar-refractivity contribution < 1.29 is 9.15 Å². The van der Waals surface area contributed by atoms with E-state index >= 15 is 0 Å². The molecule has 7 nitrogen and oxygen atoms in total. The van der Waals surface area contributed by atoms with Crippen molar-refractivity contribution >= 4 is 16.7 Å². The molecule has 4 rings (SSSR count). The molecular weight excluding hydrogens is 366 g/mol. The van der Waals surface area contributed by atoms with Gasteiger partial charge in [0.1, 0.15) is 5.52 Å². The molecule has 29 heavy (non-hydrogen) atoms. The molecule has 1 N–H and O–H groups in total. The van der Waals surface area contributed by atoms with E-state index in [0.717, 1.165) is 41.1 Å². The molecular formula is C22H25N5O2. The summed E-state index contributed by atoms with van der Waals surface area (Å²) in [5, 5.41) is 3.41. The topological polar surface area (TPSA) is 77.5 Å². The number of ether oxygens (including phenoxy) is 1. The molecule has 4 aromatic heterocycles. The number of aromatic nitrogens is 4. The van der Waals surface area contributed by atoms with Gasteiger partial charge in [0.25, 0.3) is 5.88 Å². The van der Waals surface area contributed by atoms with Crippen LogP contribution >= 0.6 is 0 Å². The van der Waals surface area contributed by atoms with E-state index < -0.39 is 0 Å². The predicted molar refractivity (Wildman–Crippen MR) is 113 cm³/mol. The van der Waals surface area contributed by atoms with Crippen LogP contribution in [0.3, 0.4) is 0 Å². The van der Waals surface area contributed by atoms with Crippen LogP contribution in [0.5, 0.6) is 5.88 Å². The van der Waals surface area contributed by atoms with Gasteiger partial charge >= 0.3 is 0 Å². The van der Waals surface area contributed by atoms with E-state index in [1.54, 1.807) is 6.26 Å². The van der Waals surface area contributed by atoms with Gasteiger partial charge < -0.3 is 18.9 Å². The minimum atomic E-state index is 0.112. The van der Waals surface area contributed by atoms with Crippen molar-refractivity contribution in [2.75, 3.05) is 13.2 Å². The van der Waals surface area contributed by atoms with E-state index in [1.807, 2.05) is 41.9 Å². The third-order valence-electron chi connectivity index (χ3n) is 4.75. The van der Waals surface area contributed by atoms with Crippen molar-refractivity contribution in [1.29, 1.82) is 0 Å². The fourth-order valence-corrected chi connectivity index (χ4v) is 3.36. The Hall–Kier alpha value is -3.19. The van der Waals surface area contributed by atoms with Crippen molar-refractivity contribution in [3.8, 4) is 17.1 Å². The van der Waals surface area contributed by atoms with E-state index in [0.29, 0.717) is 23.7 Å². The first-order valence-corrected chi connectivity index (χ1v) is 9.82. The van der Waals surface area contributed by atoms with Gasteiger partial charge in [0, 0.05) is 30.1 Å². The van der Waals surface area contributed by atoms with E-state index in [9.17, 15) is 0 Å². The quantitative estimate of drug-likeness (QED) is 0.353. The molecule has 4 aromatic rings. The van der Waals surface area contributed by atoms with Crippen LogP contribution in [0.4, 0.5) is 0 Å². The van der Waals surface area contributed by atoms with Crippen molar-refractivity contribution in [2.24, 2.45) is 0 Å². The summed E-state index contributed by atoms with van der Waals surface area (Å²) in [5.41, 5.74) is 5.67. The zero-order valence-electron chi connectivity index (χ0n) is 17.0. The van der Waals surface area contributed by atoms with Crippen molar-refractivity contribution in [3.63, 3.8) is 0 Å². The highest BCUT2D eigenvalue weighted by atomic mass is 16.5. The number of hydrogen-bond donors (Lipinski definition) is 1. The molecule has 0 aromatic carbocycles. The molecule has 1 unspecified atom stereocenters. The lowest BCUT2D eigenvalue weighted by molar-refractivity contribution is 0.315. The molecule has 0 radical (unpaired) electrons. The number of nitrogens with zero attached hydrogens (tertiary/aromatic N) is 4. The molecule has 0 aliphatic carbocycles. The van der Waals surface area contributed by atoms with Gasteiger partial charge in [-0.25, -0.2) is 15.0 Å². The smallest absolute Gasteiger partial charge is 0.258 e. The highest BCUT2D eigenvalue weighted by Crippen LogP contribution is 2.32. The van der Waals surface area contributed by atoms with E-state index in [2.05, 4.69) is 30.7 Å². The number of fused-ring (bicyclic) bond motifs is 2. The maximum absolute atomic E-state index is 5.92. The first kappa shape index (κ1) is 19.1. The van der Waals surface area contributed by atoms with Gasteiger partial charge in [0.15, 0.2) is 5.58 Å². The van der Waals surface area contributed by atoms with E-state index in [4.69, 9.17) is 19.1 Å². The van der Waals surface area contributed by atoms with Crippen molar-refractivity contribution in [3.05, 3.63) is 54.8 Å². The summed E-state index contributed by atoms with van der Waals surface area (Å²) in [6, 6.07) is 4.02. The summed E-state index contributed by atoms with van der Waals surface area (Å²) >= 11 is 0. The molecule has 0 fully saturated rings. The second-order valence-electron chi connectivity index (χ2n) is 6.98. The first-order chi connectivity index (χ1) is 14.1. The number of hydrogen-bond acceptors (Lipinski definition) is 6. The molecule has 0 aliphatic heterocycles. The Balaban J connectivity index is 1.88. The molecule has 150 valence electrons. The van der Waals surface area contributed by atoms with Crippen molar-refractivity contribution in [2.45, 2.75) is 33.2 Å². The number of aryl methyl sites for hydroxylation is 1. The highest BCUT2D eigenvalue weighted by Gasteiger charge is 2.18. The molecule has 1 atom stereocenters. The van der Waals surface area contributed by atoms with Gasteiger partial charge in [-0.15, -0.1) is 6.58 Å². The van der Waals surface area contributed by atoms with Crippen LogP contribution in [0.2, 0.25) is 0 Å². The van der Waals surface area contributed by atoms with Gasteiger partial charge in [-0.3, -0.25) is 0 Å². The summed E-state index contributed by atoms with van der Waals surface area (Å²) in [6.45, 7) is 11.2. The lowest BCUT2D eigenvalue weighted by Crippen LogP contribution is -2.18. The normalized spacial score (nSPS) is 12.5. The molecule has 0 amide bonds. The van der Waals surface area contributed by atoms with Crippen LogP contribution in [0.15, 0.2) is 47.9 Å². The Morgan fingerprint density at radius 1 is 1.31 bits per heavy atom. The van der Waals surface area contributed by atoms with Crippen LogP contribution in [-0.4, -0.2) is 32.5 Å². The number of imidazole rings is 1. The largest absolute Gasteiger partial charge is 0.475 e. The molecule has 0 saturated carbocycles. The predicted octanol–water partition coefficient (Wildman–Crippen LogP) is 4.47. The number of rotatable bonds is 8. The van der Waals surface area contributed by atoms with Crippen LogP contribution in [-0.2, 0) is 0 Å². The standard InChI is InChI=1S/C22H25N5O2/c1-5-7-9-29-22-21-24-14(3)12-27(21)13-19(26-22)16-11-18(15(4)23-6-2)25-17-8-10-28-20(16)17/h5,8,10-13,15,23H,1,6-7,9H2,2-4H3. The lowest BCUT2D eigenvalue weighted by atomic mass is 10.1. The zero-order valence-corrected chi connectivity index (χ0v) is 17.0. The SMILES string of the molecule is C=CCCOc1nc(-c2cc(C(C)NCC)nc3ccoc23)cn2cc(C)nc12. The van der Waals surface area contributed by atoms with Crippen LogP contribution < -0.4 is 10.1 Å². The van der Waals surface area contributed by atoms with Crippen LogP contribution in [0.25, 0.3) is 28.0 Å². The summed E-state index contributed by atoms with van der Waals surface area (Å²) < 4.78 is 13.6. The summed E-state index contributed by atoms with van der Waals surface area (Å²) in [4.78, 5) is 14.1. The average molecular weight is 391 g/mol. The van der Waals surface area contributed by atoms with Gasteiger partial charge in [-0.2, -0.15) is 0 Å². The maximum atomic E-state index is 5.92. The van der Waals surface area contributed by atoms with Gasteiger partial charge in [-0.1, -0.05) is 13.0 Å². The third kappa shape index (κ3) is 3.73. The fraction of sp³-hybridized carbons (Fsp3) is 0.318. The summed E-state index contributed by atoms with van der Waals surface area (Å²) in [6.07, 6.45) is 8.13. The minimum absolute atomic E-state index is 0.112. The first-order valence-electron chi connectivity index (χ1n) is 9.82. The molecule has 0 aliphatic rings. The zero-order chi connectivity index (χ0) is 20.4. The average Bonchev–Trinajstić information content (AvgIpc) is 3.32. The third-order valence-corrected chi connectivity index (χ3v) is 4.75. The van der Waals surface area contributed by atoms with E-state index in [1.165, 1.54) is 0 Å². The number of nitrogens with one attached hydrogen (secondary N) is 1. The number of pyridine rings is 1. The van der Waals surface area contributed by atoms with E-state index in [-0.39, 0.29) is 6.04 Å². The molecule has 0 spiro atoms. The fourth-order valence-electron chi connectivity index (χ4n) is 3.36. The maximum Gasteiger partial charge on any atom is 0.258 e. The summed E-state index contributed by atoms with van der Waals surface area (Å²) in [5.74, 6) is 0.496. The molecule has 0 bridgehead atoms. The van der Waals surface area contributed by atoms with Crippen LogP contribution in [0, 0.1) is 6.92 Å². The van der Waals surface area contributed by atoms with Crippen molar-refractivity contribution in [1.82, 2.24) is 24.7 Å². The summed E-state index contributed by atoms with van der Waals surface area (Å²) in [7, 11) is 0. The number of furan rings is 1. The highest BCUT2D eigenvalue weighted by molar-refractivity contribution is 5.89. The second-order valence-corrected chi connectivity index (χ2v) is 6.98. The molecule has 7 heteroatoms. The Labute approximate surface area is 169 Å². The Morgan fingerprint density at radius 2 is 2.17 bits per heavy atom. The second kappa shape index (κ2) is 8.05. The minimum Gasteiger partial charge on any atom is -0.475 e. The van der Waals surface area contributed by atoms with Gasteiger partial charge in [0.05, 0.1) is 30.0 Å². The van der Waals surface area contributed by atoms with Crippen LogP contribution in [0.1, 0.15) is 37.7 Å².